The Balaban J connectivity index is 1.91. The van der Waals surface area contributed by atoms with Crippen molar-refractivity contribution in [3.05, 3.63) is 68.3 Å². The molecule has 7 heteroatoms. The van der Waals surface area contributed by atoms with Crippen LogP contribution in [0.25, 0.3) is 0 Å². The topological polar surface area (TPSA) is 77.0 Å². The Bertz CT molecular complexity index is 919. The van der Waals surface area contributed by atoms with Gasteiger partial charge in [0.05, 0.1) is 23.6 Å². The summed E-state index contributed by atoms with van der Waals surface area (Å²) >= 11 is 5.87. The number of carbonyl (C=O) groups is 1. The normalized spacial score (nSPS) is 16.7. The number of benzene rings is 1. The van der Waals surface area contributed by atoms with E-state index < -0.39 is 17.3 Å². The van der Waals surface area contributed by atoms with Crippen LogP contribution in [0.4, 0.5) is 4.39 Å². The minimum atomic E-state index is -0.504. The molecule has 1 aromatic heterocycles. The second kappa shape index (κ2) is 7.08. The van der Waals surface area contributed by atoms with Crippen LogP contribution in [0.5, 0.6) is 0 Å². The van der Waals surface area contributed by atoms with E-state index >= 15 is 0 Å². The lowest BCUT2D eigenvalue weighted by atomic mass is 10.0. The maximum Gasteiger partial charge on any atom is 0.260 e. The molecule has 2 aromatic rings. The predicted octanol–water partition coefficient (Wildman–Crippen LogP) is 3.21. The molecule has 1 amide bonds. The molecule has 1 N–H and O–H groups in total. The van der Waals surface area contributed by atoms with Crippen LogP contribution < -0.4 is 5.56 Å². The van der Waals surface area contributed by atoms with Gasteiger partial charge in [0.25, 0.3) is 11.5 Å². The number of amides is 1. The average Bonchev–Trinajstić information content (AvgIpc) is 3.08. The van der Waals surface area contributed by atoms with Gasteiger partial charge in [-0.2, -0.15) is 5.26 Å². The van der Waals surface area contributed by atoms with E-state index in [-0.39, 0.29) is 23.0 Å². The fourth-order valence-corrected chi connectivity index (χ4v) is 3.29. The van der Waals surface area contributed by atoms with Crippen LogP contribution in [0.15, 0.2) is 35.3 Å². The van der Waals surface area contributed by atoms with Crippen molar-refractivity contribution in [3.63, 3.8) is 0 Å². The Labute approximate surface area is 148 Å². The zero-order valence-corrected chi connectivity index (χ0v) is 14.0. The van der Waals surface area contributed by atoms with Crippen molar-refractivity contribution in [3.8, 4) is 6.07 Å². The number of nitrogens with one attached hydrogen (secondary N) is 1. The molecule has 0 aliphatic carbocycles. The summed E-state index contributed by atoms with van der Waals surface area (Å²) < 4.78 is 14.1. The first kappa shape index (κ1) is 17.2. The smallest absolute Gasteiger partial charge is 0.260 e. The zero-order chi connectivity index (χ0) is 18.0. The molecule has 5 nitrogen and oxygen atoms in total. The SMILES string of the molecule is N#CCc1ccc([C@H]2CCCN2C(=O)c2cc(Cl)c[nH]c2=O)cc1F. The molecule has 1 atom stereocenters. The second-order valence-electron chi connectivity index (χ2n) is 5.90. The summed E-state index contributed by atoms with van der Waals surface area (Å²) in [4.78, 5) is 28.7. The van der Waals surface area contributed by atoms with E-state index in [9.17, 15) is 14.0 Å². The fraction of sp³-hybridized carbons (Fsp3) is 0.278. The highest BCUT2D eigenvalue weighted by Crippen LogP contribution is 2.33. The minimum absolute atomic E-state index is 0.00266. The number of nitriles is 1. The lowest BCUT2D eigenvalue weighted by Gasteiger charge is -2.25. The molecule has 2 heterocycles. The second-order valence-corrected chi connectivity index (χ2v) is 6.34. The van der Waals surface area contributed by atoms with E-state index in [1.807, 2.05) is 6.07 Å². The molecule has 128 valence electrons. The zero-order valence-electron chi connectivity index (χ0n) is 13.3. The molecule has 0 bridgehead atoms. The number of H-pyrrole nitrogens is 1. The highest BCUT2D eigenvalue weighted by Gasteiger charge is 2.32. The Morgan fingerprint density at radius 2 is 2.24 bits per heavy atom. The van der Waals surface area contributed by atoms with Gasteiger partial charge in [-0.25, -0.2) is 4.39 Å². The van der Waals surface area contributed by atoms with Crippen molar-refractivity contribution >= 4 is 17.5 Å². The van der Waals surface area contributed by atoms with Gasteiger partial charge in [0, 0.05) is 18.3 Å². The lowest BCUT2D eigenvalue weighted by molar-refractivity contribution is 0.0733. The summed E-state index contributed by atoms with van der Waals surface area (Å²) in [6, 6.07) is 7.62. The Morgan fingerprint density at radius 3 is 2.96 bits per heavy atom. The molecule has 0 unspecified atom stereocenters. The number of aromatic nitrogens is 1. The standard InChI is InChI=1S/C18H15ClFN3O2/c19-13-9-14(17(24)22-10-13)18(25)23-7-1-2-16(23)12-4-3-11(5-6-21)15(20)8-12/h3-4,8-10,16H,1-2,5,7H2,(H,22,24)/t16-/m1/s1. The van der Waals surface area contributed by atoms with Crippen molar-refractivity contribution in [2.75, 3.05) is 6.54 Å². The predicted molar refractivity (Wildman–Crippen MR) is 90.8 cm³/mol. The van der Waals surface area contributed by atoms with Crippen LogP contribution in [-0.2, 0) is 6.42 Å². The van der Waals surface area contributed by atoms with Crippen LogP contribution in [0.3, 0.4) is 0 Å². The van der Waals surface area contributed by atoms with E-state index in [1.165, 1.54) is 18.3 Å². The van der Waals surface area contributed by atoms with Crippen LogP contribution in [0.1, 0.15) is 40.4 Å². The van der Waals surface area contributed by atoms with Gasteiger partial charge < -0.3 is 9.88 Å². The van der Waals surface area contributed by atoms with E-state index in [0.717, 1.165) is 6.42 Å². The number of rotatable bonds is 3. The van der Waals surface area contributed by atoms with Gasteiger partial charge in [0.15, 0.2) is 0 Å². The van der Waals surface area contributed by atoms with Crippen LogP contribution in [0.2, 0.25) is 5.02 Å². The van der Waals surface area contributed by atoms with Crippen LogP contribution in [0, 0.1) is 17.1 Å². The summed E-state index contributed by atoms with van der Waals surface area (Å²) in [5.74, 6) is -0.883. The van der Waals surface area contributed by atoms with Crippen molar-refractivity contribution in [1.82, 2.24) is 9.88 Å². The monoisotopic (exact) mass is 359 g/mol. The molecular weight excluding hydrogens is 345 g/mol. The van der Waals surface area contributed by atoms with E-state index in [0.29, 0.717) is 24.1 Å². The van der Waals surface area contributed by atoms with Gasteiger partial charge in [-0.05, 0) is 30.5 Å². The number of halogens is 2. The molecule has 1 aliphatic heterocycles. The fourth-order valence-electron chi connectivity index (χ4n) is 3.13. The molecule has 1 saturated heterocycles. The highest BCUT2D eigenvalue weighted by molar-refractivity contribution is 6.30. The molecule has 1 fully saturated rings. The lowest BCUT2D eigenvalue weighted by Crippen LogP contribution is -2.34. The number of carbonyl (C=O) groups excluding carboxylic acids is 1. The first-order valence-electron chi connectivity index (χ1n) is 7.85. The Hall–Kier alpha value is -2.65. The summed E-state index contributed by atoms with van der Waals surface area (Å²) in [6.07, 6.45) is 2.76. The highest BCUT2D eigenvalue weighted by atomic mass is 35.5. The van der Waals surface area contributed by atoms with E-state index in [2.05, 4.69) is 4.98 Å². The molecule has 1 aromatic carbocycles. The first-order valence-corrected chi connectivity index (χ1v) is 8.23. The Morgan fingerprint density at radius 1 is 1.44 bits per heavy atom. The number of aromatic amines is 1. The van der Waals surface area contributed by atoms with Crippen LogP contribution >= 0.6 is 11.6 Å². The van der Waals surface area contributed by atoms with Crippen LogP contribution in [-0.4, -0.2) is 22.3 Å². The van der Waals surface area contributed by atoms with Crippen molar-refractivity contribution in [2.45, 2.75) is 25.3 Å². The summed E-state index contributed by atoms with van der Waals surface area (Å²) in [5, 5.41) is 8.97. The maximum atomic E-state index is 14.1. The van der Waals surface area contributed by atoms with E-state index in [1.54, 1.807) is 17.0 Å². The third-order valence-electron chi connectivity index (χ3n) is 4.34. The number of nitrogens with zero attached hydrogens (tertiary/aromatic N) is 2. The quantitative estimate of drug-likeness (QED) is 0.914. The Kier molecular flexibility index (Phi) is 4.86. The van der Waals surface area contributed by atoms with Gasteiger partial charge >= 0.3 is 0 Å². The molecular formula is C18H15ClFN3O2. The van der Waals surface area contributed by atoms with Gasteiger partial charge in [-0.1, -0.05) is 23.7 Å². The third kappa shape index (κ3) is 3.42. The first-order chi connectivity index (χ1) is 12.0. The van der Waals surface area contributed by atoms with Gasteiger partial charge in [0.2, 0.25) is 0 Å². The van der Waals surface area contributed by atoms with Crippen molar-refractivity contribution < 1.29 is 9.18 Å². The molecule has 3 rings (SSSR count). The van der Waals surface area contributed by atoms with Gasteiger partial charge in [0.1, 0.15) is 11.4 Å². The third-order valence-corrected chi connectivity index (χ3v) is 4.56. The number of hydrogen-bond acceptors (Lipinski definition) is 3. The van der Waals surface area contributed by atoms with Crippen molar-refractivity contribution in [2.24, 2.45) is 0 Å². The molecule has 0 spiro atoms. The van der Waals surface area contributed by atoms with E-state index in [4.69, 9.17) is 16.9 Å². The largest absolute Gasteiger partial charge is 0.331 e. The number of hydrogen-bond donors (Lipinski definition) is 1. The maximum absolute atomic E-state index is 14.1. The summed E-state index contributed by atoms with van der Waals surface area (Å²) in [6.45, 7) is 0.483. The molecule has 25 heavy (non-hydrogen) atoms. The minimum Gasteiger partial charge on any atom is -0.331 e. The average molecular weight is 360 g/mol. The van der Waals surface area contributed by atoms with Crippen molar-refractivity contribution in [1.29, 1.82) is 5.26 Å². The molecule has 0 saturated carbocycles. The number of pyridine rings is 1. The summed E-state index contributed by atoms with van der Waals surface area (Å²) in [7, 11) is 0. The number of likely N-dealkylation sites (tertiary alicyclic amines) is 1. The van der Waals surface area contributed by atoms with Gasteiger partial charge in [-0.15, -0.1) is 0 Å². The molecule has 0 radical (unpaired) electrons. The summed E-state index contributed by atoms with van der Waals surface area (Å²) in [5.41, 5.74) is 0.452. The van der Waals surface area contributed by atoms with Gasteiger partial charge in [-0.3, -0.25) is 9.59 Å². The molecule has 1 aliphatic rings.